The summed E-state index contributed by atoms with van der Waals surface area (Å²) in [5.74, 6) is 1.84. The highest BCUT2D eigenvalue weighted by atomic mass is 28.3. The third-order valence-corrected chi connectivity index (χ3v) is 17.5. The lowest BCUT2D eigenvalue weighted by Gasteiger charge is -2.43. The number of nitrogens with zero attached hydrogens (tertiary/aromatic N) is 3. The van der Waals surface area contributed by atoms with E-state index in [1.807, 2.05) is 0 Å². The molecule has 0 N–H and O–H groups in total. The summed E-state index contributed by atoms with van der Waals surface area (Å²) in [6.07, 6.45) is 0. The summed E-state index contributed by atoms with van der Waals surface area (Å²) >= 11 is 0. The van der Waals surface area contributed by atoms with E-state index >= 15 is 0 Å². The third-order valence-electron chi connectivity index (χ3n) is 12.6. The third kappa shape index (κ3) is 4.59. The highest BCUT2D eigenvalue weighted by Crippen LogP contribution is 2.34. The molecular weight excluding hydrogens is 718 g/mol. The molecule has 8 aromatic carbocycles. The molecule has 1 aliphatic heterocycles. The SMILES string of the molecule is c1ccc([Si]2(c3ccccc3)c3ccccc3B(c3ccc(-n4c5ccccc5c5ccccc54)nc3-n3c4ccccc4c4ccccc43)c3ccccc32)cc1. The zero-order chi connectivity index (χ0) is 38.2. The van der Waals surface area contributed by atoms with Crippen LogP contribution in [0.25, 0.3) is 55.2 Å². The van der Waals surface area contributed by atoms with Gasteiger partial charge in [-0.3, -0.25) is 9.13 Å². The number of hydrogen-bond acceptors (Lipinski definition) is 1. The van der Waals surface area contributed by atoms with Gasteiger partial charge < -0.3 is 0 Å². The van der Waals surface area contributed by atoms with Gasteiger partial charge in [-0.15, -0.1) is 0 Å². The largest absolute Gasteiger partial charge is 0.294 e. The van der Waals surface area contributed by atoms with Crippen LogP contribution in [0.2, 0.25) is 0 Å². The van der Waals surface area contributed by atoms with Gasteiger partial charge in [0.05, 0.1) is 22.1 Å². The summed E-state index contributed by atoms with van der Waals surface area (Å²) in [7, 11) is -2.77. The summed E-state index contributed by atoms with van der Waals surface area (Å²) in [5, 5.41) is 10.5. The van der Waals surface area contributed by atoms with Gasteiger partial charge in [-0.2, -0.15) is 0 Å². The maximum atomic E-state index is 5.87. The first-order valence-electron chi connectivity index (χ1n) is 20.1. The quantitative estimate of drug-likeness (QED) is 0.167. The monoisotopic (exact) mass is 753 g/mol. The fourth-order valence-corrected chi connectivity index (χ4v) is 15.6. The van der Waals surface area contributed by atoms with Crippen molar-refractivity contribution in [1.82, 2.24) is 14.1 Å². The number of para-hydroxylation sites is 4. The van der Waals surface area contributed by atoms with Crippen LogP contribution in [-0.2, 0) is 0 Å². The molecule has 12 rings (SSSR count). The predicted octanol–water partition coefficient (Wildman–Crippen LogP) is 7.48. The Hall–Kier alpha value is -7.21. The van der Waals surface area contributed by atoms with E-state index in [2.05, 4.69) is 228 Å². The lowest BCUT2D eigenvalue weighted by Crippen LogP contribution is -2.86. The first kappa shape index (κ1) is 33.0. The number of rotatable bonds is 5. The molecule has 0 unspecified atom stereocenters. The Morgan fingerprint density at radius 2 is 0.707 bits per heavy atom. The minimum Gasteiger partial charge on any atom is -0.294 e. The molecule has 270 valence electrons. The second-order valence-electron chi connectivity index (χ2n) is 15.4. The molecule has 0 saturated heterocycles. The van der Waals surface area contributed by atoms with E-state index in [1.54, 1.807) is 0 Å². The molecule has 0 spiro atoms. The number of hydrogen-bond donors (Lipinski definition) is 0. The van der Waals surface area contributed by atoms with Crippen LogP contribution in [0.4, 0.5) is 0 Å². The molecule has 3 nitrogen and oxygen atoms in total. The van der Waals surface area contributed by atoms with E-state index in [0.29, 0.717) is 0 Å². The van der Waals surface area contributed by atoms with Crippen molar-refractivity contribution in [2.45, 2.75) is 0 Å². The zero-order valence-electron chi connectivity index (χ0n) is 31.7. The maximum absolute atomic E-state index is 5.87. The maximum Gasteiger partial charge on any atom is 0.245 e. The minimum atomic E-state index is -2.77. The molecule has 0 amide bonds. The molecule has 0 aliphatic carbocycles. The lowest BCUT2D eigenvalue weighted by molar-refractivity contribution is 1.02. The van der Waals surface area contributed by atoms with Crippen LogP contribution >= 0.6 is 0 Å². The summed E-state index contributed by atoms with van der Waals surface area (Å²) in [6, 6.07) is 80.8. The van der Waals surface area contributed by atoms with E-state index in [1.165, 1.54) is 58.7 Å². The van der Waals surface area contributed by atoms with E-state index in [4.69, 9.17) is 4.98 Å². The van der Waals surface area contributed by atoms with Crippen molar-refractivity contribution in [2.75, 3.05) is 0 Å². The van der Waals surface area contributed by atoms with Crippen molar-refractivity contribution in [2.24, 2.45) is 0 Å². The summed E-state index contributed by atoms with van der Waals surface area (Å²) < 4.78 is 4.77. The van der Waals surface area contributed by atoms with Crippen molar-refractivity contribution in [1.29, 1.82) is 0 Å². The number of fused-ring (bicyclic) bond motifs is 8. The normalized spacial score (nSPS) is 13.3. The summed E-state index contributed by atoms with van der Waals surface area (Å²) in [5.41, 5.74) is 8.44. The zero-order valence-corrected chi connectivity index (χ0v) is 32.7. The van der Waals surface area contributed by atoms with Crippen molar-refractivity contribution >= 4 is 95.5 Å². The highest BCUT2D eigenvalue weighted by molar-refractivity contribution is 7.26. The second kappa shape index (κ2) is 12.9. The van der Waals surface area contributed by atoms with Gasteiger partial charge in [0.25, 0.3) is 0 Å². The highest BCUT2D eigenvalue weighted by Gasteiger charge is 2.50. The Balaban J connectivity index is 1.21. The van der Waals surface area contributed by atoms with Gasteiger partial charge in [0.15, 0.2) is 8.07 Å². The van der Waals surface area contributed by atoms with Crippen molar-refractivity contribution in [3.63, 3.8) is 0 Å². The topological polar surface area (TPSA) is 22.8 Å². The molecule has 3 aromatic heterocycles. The fourth-order valence-electron chi connectivity index (χ4n) is 10.3. The van der Waals surface area contributed by atoms with Gasteiger partial charge in [0.1, 0.15) is 11.6 Å². The van der Waals surface area contributed by atoms with Gasteiger partial charge in [-0.1, -0.05) is 199 Å². The van der Waals surface area contributed by atoms with Crippen LogP contribution in [0.1, 0.15) is 0 Å². The van der Waals surface area contributed by atoms with Crippen LogP contribution in [0.15, 0.2) is 218 Å². The van der Waals surface area contributed by atoms with Gasteiger partial charge in [0, 0.05) is 21.5 Å². The summed E-state index contributed by atoms with van der Waals surface area (Å²) in [6.45, 7) is -0.0740. The molecule has 0 fully saturated rings. The van der Waals surface area contributed by atoms with Crippen molar-refractivity contribution in [3.8, 4) is 11.6 Å². The molecule has 11 aromatic rings. The molecular formula is C53H36BN3Si. The van der Waals surface area contributed by atoms with Crippen LogP contribution in [0, 0.1) is 0 Å². The Bertz CT molecular complexity index is 3170. The number of aromatic nitrogens is 3. The van der Waals surface area contributed by atoms with Crippen LogP contribution in [0.3, 0.4) is 0 Å². The van der Waals surface area contributed by atoms with Crippen molar-refractivity contribution in [3.05, 3.63) is 218 Å². The second-order valence-corrected chi connectivity index (χ2v) is 19.1. The number of pyridine rings is 1. The van der Waals surface area contributed by atoms with E-state index < -0.39 is 8.07 Å². The van der Waals surface area contributed by atoms with Crippen LogP contribution in [0.5, 0.6) is 0 Å². The number of benzene rings is 8. The predicted molar refractivity (Wildman–Crippen MR) is 248 cm³/mol. The first-order chi connectivity index (χ1) is 28.8. The Morgan fingerprint density at radius 1 is 0.328 bits per heavy atom. The van der Waals surface area contributed by atoms with E-state index in [0.717, 1.165) is 33.7 Å². The Labute approximate surface area is 338 Å². The van der Waals surface area contributed by atoms with Gasteiger partial charge in [-0.25, -0.2) is 4.98 Å². The van der Waals surface area contributed by atoms with E-state index in [9.17, 15) is 0 Å². The molecule has 0 radical (unpaired) electrons. The standard InChI is InChI=1S/C53H36BN3Si/c1-3-19-37(20-4-1)58(38-21-5-2-6-22-38)50-33-17-11-27-43(50)54(44-28-12-18-34-51(44)58)45-35-36-52(56-46-29-13-7-23-39(46)40-24-8-14-30-47(40)56)55-53(45)57-48-31-15-9-25-41(48)42-26-10-16-32-49(42)57/h1-36H. The van der Waals surface area contributed by atoms with Gasteiger partial charge >= 0.3 is 0 Å². The molecule has 1 aliphatic rings. The van der Waals surface area contributed by atoms with Crippen molar-refractivity contribution < 1.29 is 0 Å². The average molecular weight is 754 g/mol. The van der Waals surface area contributed by atoms with Gasteiger partial charge in [-0.05, 0) is 56.5 Å². The molecule has 0 saturated carbocycles. The molecule has 0 atom stereocenters. The van der Waals surface area contributed by atoms with Gasteiger partial charge in [0.2, 0.25) is 6.71 Å². The molecule has 0 bridgehead atoms. The summed E-state index contributed by atoms with van der Waals surface area (Å²) in [4.78, 5) is 5.87. The first-order valence-corrected chi connectivity index (χ1v) is 22.1. The van der Waals surface area contributed by atoms with Crippen LogP contribution in [-0.4, -0.2) is 28.9 Å². The average Bonchev–Trinajstić information content (AvgIpc) is 3.82. The fraction of sp³-hybridized carbons (Fsp3) is 0. The van der Waals surface area contributed by atoms with Crippen LogP contribution < -0.4 is 37.1 Å². The Morgan fingerprint density at radius 3 is 1.17 bits per heavy atom. The Kier molecular flexibility index (Phi) is 7.35. The molecule has 4 heterocycles. The lowest BCUT2D eigenvalue weighted by atomic mass is 9.36. The molecule has 5 heteroatoms. The molecule has 58 heavy (non-hydrogen) atoms. The van der Waals surface area contributed by atoms with E-state index in [-0.39, 0.29) is 6.71 Å². The minimum absolute atomic E-state index is 0.0740. The smallest absolute Gasteiger partial charge is 0.245 e.